The summed E-state index contributed by atoms with van der Waals surface area (Å²) in [6.07, 6.45) is 2.92. The fraction of sp³-hybridized carbons (Fsp3) is 0.500. The zero-order chi connectivity index (χ0) is 14.1. The summed E-state index contributed by atoms with van der Waals surface area (Å²) >= 11 is 14.8. The van der Waals surface area contributed by atoms with E-state index in [1.165, 1.54) is 12.1 Å². The molecule has 0 unspecified atom stereocenters. The maximum atomic E-state index is 12.2. The van der Waals surface area contributed by atoms with Gasteiger partial charge in [0.25, 0.3) is 0 Å². The molecule has 0 bridgehead atoms. The van der Waals surface area contributed by atoms with Gasteiger partial charge in [0.15, 0.2) is 0 Å². The average molecular weight is 387 g/mol. The molecule has 0 amide bonds. The molecule has 0 aromatic heterocycles. The molecule has 0 radical (unpaired) electrons. The summed E-state index contributed by atoms with van der Waals surface area (Å²) in [5, 5.41) is 0.486. The summed E-state index contributed by atoms with van der Waals surface area (Å²) < 4.78 is 27.6. The van der Waals surface area contributed by atoms with E-state index in [4.69, 9.17) is 23.2 Å². The molecule has 1 fully saturated rings. The van der Waals surface area contributed by atoms with Crippen molar-refractivity contribution < 1.29 is 8.42 Å². The Morgan fingerprint density at radius 3 is 2.58 bits per heavy atom. The van der Waals surface area contributed by atoms with Crippen molar-refractivity contribution in [3.63, 3.8) is 0 Å². The van der Waals surface area contributed by atoms with Crippen LogP contribution in [0.2, 0.25) is 5.02 Å². The number of hydrogen-bond donors (Lipinski definition) is 1. The number of alkyl halides is 1. The lowest BCUT2D eigenvalue weighted by Gasteiger charge is -2.15. The molecule has 19 heavy (non-hydrogen) atoms. The molecule has 0 heterocycles. The molecule has 1 aromatic carbocycles. The summed E-state index contributed by atoms with van der Waals surface area (Å²) in [5.41, 5.74) is 0.0679. The Hall–Kier alpha value is 0.190. The lowest BCUT2D eigenvalue weighted by Crippen LogP contribution is -2.30. The third-order valence-corrected chi connectivity index (χ3v) is 6.22. The number of halogens is 3. The Labute approximate surface area is 131 Å². The van der Waals surface area contributed by atoms with Crippen molar-refractivity contribution in [2.24, 2.45) is 5.41 Å². The van der Waals surface area contributed by atoms with Crippen LogP contribution in [0, 0.1) is 5.41 Å². The predicted molar refractivity (Wildman–Crippen MR) is 81.3 cm³/mol. The molecule has 0 saturated heterocycles. The van der Waals surface area contributed by atoms with Gasteiger partial charge in [0.05, 0.1) is 9.92 Å². The van der Waals surface area contributed by atoms with Crippen molar-refractivity contribution in [3.05, 3.63) is 27.7 Å². The number of benzene rings is 1. The second-order valence-corrected chi connectivity index (χ2v) is 8.25. The van der Waals surface area contributed by atoms with Gasteiger partial charge >= 0.3 is 0 Å². The molecule has 1 N–H and O–H groups in total. The van der Waals surface area contributed by atoms with Crippen molar-refractivity contribution >= 4 is 49.2 Å². The SMILES string of the molecule is O=S(=O)(NCC1(CCCl)CC1)c1ccc(Cl)c(Br)c1. The molecule has 3 nitrogen and oxygen atoms in total. The minimum absolute atomic E-state index is 0.0679. The van der Waals surface area contributed by atoms with Crippen LogP contribution in [0.15, 0.2) is 27.6 Å². The van der Waals surface area contributed by atoms with Gasteiger partial charge in [0.2, 0.25) is 10.0 Å². The average Bonchev–Trinajstić information content (AvgIpc) is 3.11. The molecule has 2 rings (SSSR count). The fourth-order valence-corrected chi connectivity index (χ4v) is 4.10. The van der Waals surface area contributed by atoms with Crippen LogP contribution in [-0.4, -0.2) is 20.8 Å². The smallest absolute Gasteiger partial charge is 0.211 e. The van der Waals surface area contributed by atoms with E-state index in [2.05, 4.69) is 20.7 Å². The molecule has 1 aliphatic carbocycles. The van der Waals surface area contributed by atoms with E-state index in [-0.39, 0.29) is 10.3 Å². The first kappa shape index (κ1) is 15.6. The van der Waals surface area contributed by atoms with E-state index in [9.17, 15) is 8.42 Å². The first-order valence-corrected chi connectivity index (χ1v) is 9.08. The van der Waals surface area contributed by atoms with Gasteiger partial charge in [-0.25, -0.2) is 13.1 Å². The first-order valence-electron chi connectivity index (χ1n) is 5.89. The summed E-state index contributed by atoms with van der Waals surface area (Å²) in [6.45, 7) is 0.447. The van der Waals surface area contributed by atoms with Crippen molar-refractivity contribution in [3.8, 4) is 0 Å². The highest BCUT2D eigenvalue weighted by atomic mass is 79.9. The van der Waals surface area contributed by atoms with Gasteiger partial charge in [-0.05, 0) is 58.8 Å². The summed E-state index contributed by atoms with van der Waals surface area (Å²) in [6, 6.07) is 4.56. The van der Waals surface area contributed by atoms with Crippen LogP contribution in [0.25, 0.3) is 0 Å². The third-order valence-electron chi connectivity index (χ3n) is 3.42. The molecular weight excluding hydrogens is 373 g/mol. The molecule has 7 heteroatoms. The molecule has 1 aliphatic rings. The van der Waals surface area contributed by atoms with E-state index < -0.39 is 10.0 Å². The second kappa shape index (κ2) is 5.90. The number of rotatable bonds is 6. The number of nitrogens with one attached hydrogen (secondary N) is 1. The van der Waals surface area contributed by atoms with Gasteiger partial charge in [-0.15, -0.1) is 11.6 Å². The quantitative estimate of drug-likeness (QED) is 0.756. The van der Waals surface area contributed by atoms with Gasteiger partial charge in [0.1, 0.15) is 0 Å². The van der Waals surface area contributed by atoms with Crippen LogP contribution in [0.5, 0.6) is 0 Å². The third kappa shape index (κ3) is 3.85. The van der Waals surface area contributed by atoms with E-state index in [1.807, 2.05) is 0 Å². The molecule has 1 saturated carbocycles. The van der Waals surface area contributed by atoms with Crippen LogP contribution in [-0.2, 0) is 10.0 Å². The van der Waals surface area contributed by atoms with Crippen LogP contribution < -0.4 is 4.72 Å². The largest absolute Gasteiger partial charge is 0.240 e. The van der Waals surface area contributed by atoms with E-state index in [0.717, 1.165) is 19.3 Å². The number of hydrogen-bond acceptors (Lipinski definition) is 2. The normalized spacial score (nSPS) is 17.4. The van der Waals surface area contributed by atoms with Gasteiger partial charge in [0, 0.05) is 16.9 Å². The van der Waals surface area contributed by atoms with Crippen LogP contribution in [0.3, 0.4) is 0 Å². The second-order valence-electron chi connectivity index (χ2n) is 4.84. The maximum Gasteiger partial charge on any atom is 0.240 e. The zero-order valence-electron chi connectivity index (χ0n) is 10.1. The summed E-state index contributed by atoms with van der Waals surface area (Å²) in [7, 11) is -3.49. The first-order chi connectivity index (χ1) is 8.88. The summed E-state index contributed by atoms with van der Waals surface area (Å²) in [4.78, 5) is 0.213. The highest BCUT2D eigenvalue weighted by molar-refractivity contribution is 9.10. The lowest BCUT2D eigenvalue weighted by atomic mass is 10.1. The van der Waals surface area contributed by atoms with Crippen molar-refractivity contribution in [2.75, 3.05) is 12.4 Å². The van der Waals surface area contributed by atoms with Gasteiger partial charge < -0.3 is 0 Å². The molecule has 106 valence electrons. The Kier molecular flexibility index (Phi) is 4.83. The van der Waals surface area contributed by atoms with E-state index in [0.29, 0.717) is 21.9 Å². The number of sulfonamides is 1. The van der Waals surface area contributed by atoms with Crippen LogP contribution in [0.1, 0.15) is 19.3 Å². The Morgan fingerprint density at radius 2 is 2.05 bits per heavy atom. The van der Waals surface area contributed by atoms with E-state index >= 15 is 0 Å². The molecular formula is C12H14BrCl2NO2S. The molecule has 0 spiro atoms. The van der Waals surface area contributed by atoms with Gasteiger partial charge in [-0.3, -0.25) is 0 Å². The lowest BCUT2D eigenvalue weighted by molar-refractivity contribution is 0.478. The van der Waals surface area contributed by atoms with Crippen LogP contribution in [0.4, 0.5) is 0 Å². The zero-order valence-corrected chi connectivity index (χ0v) is 14.0. The monoisotopic (exact) mass is 385 g/mol. The molecule has 0 aliphatic heterocycles. The Bertz CT molecular complexity index is 573. The Morgan fingerprint density at radius 1 is 1.37 bits per heavy atom. The highest BCUT2D eigenvalue weighted by Crippen LogP contribution is 2.48. The fourth-order valence-electron chi connectivity index (χ4n) is 1.87. The van der Waals surface area contributed by atoms with E-state index in [1.54, 1.807) is 6.07 Å². The summed E-state index contributed by atoms with van der Waals surface area (Å²) in [5.74, 6) is 0.564. The van der Waals surface area contributed by atoms with Crippen molar-refractivity contribution in [1.82, 2.24) is 4.72 Å². The standard InChI is InChI=1S/C12H14BrCl2NO2S/c13-10-7-9(1-2-11(10)15)19(17,18)16-8-12(3-4-12)5-6-14/h1-2,7,16H,3-6,8H2. The van der Waals surface area contributed by atoms with Crippen LogP contribution >= 0.6 is 39.1 Å². The Balaban J connectivity index is 2.08. The predicted octanol–water partition coefficient (Wildman–Crippen LogP) is 3.79. The minimum atomic E-state index is -3.49. The topological polar surface area (TPSA) is 46.2 Å². The minimum Gasteiger partial charge on any atom is -0.211 e. The van der Waals surface area contributed by atoms with Gasteiger partial charge in [-0.2, -0.15) is 0 Å². The molecule has 1 aromatic rings. The van der Waals surface area contributed by atoms with Crippen molar-refractivity contribution in [2.45, 2.75) is 24.2 Å². The van der Waals surface area contributed by atoms with Gasteiger partial charge in [-0.1, -0.05) is 11.6 Å². The highest BCUT2D eigenvalue weighted by Gasteiger charge is 2.42. The molecule has 0 atom stereocenters. The van der Waals surface area contributed by atoms with Crippen molar-refractivity contribution in [1.29, 1.82) is 0 Å². The maximum absolute atomic E-state index is 12.2.